The highest BCUT2D eigenvalue weighted by molar-refractivity contribution is 6.33. The fourth-order valence-corrected chi connectivity index (χ4v) is 1.86. The predicted molar refractivity (Wildman–Crippen MR) is 78.9 cm³/mol. The lowest BCUT2D eigenvalue weighted by atomic mass is 10.1. The maximum Gasteiger partial charge on any atom is 0.303 e. The number of halogens is 1. The number of benzene rings is 1. The van der Waals surface area contributed by atoms with Crippen LogP contribution in [0.4, 0.5) is 5.69 Å². The van der Waals surface area contributed by atoms with E-state index in [-0.39, 0.29) is 12.3 Å². The number of carbonyl (C=O) groups excluding carboxylic acids is 1. The molecule has 110 valence electrons. The number of carboxylic acid groups (broad SMARTS) is 1. The largest absolute Gasteiger partial charge is 0.481 e. The summed E-state index contributed by atoms with van der Waals surface area (Å²) in [7, 11) is 0. The molecule has 0 spiro atoms. The summed E-state index contributed by atoms with van der Waals surface area (Å²) in [4.78, 5) is 22.1. The van der Waals surface area contributed by atoms with Crippen LogP contribution in [0.2, 0.25) is 5.02 Å². The molecule has 1 aromatic rings. The molecule has 0 aliphatic rings. The van der Waals surface area contributed by atoms with Crippen LogP contribution in [0.3, 0.4) is 0 Å². The van der Waals surface area contributed by atoms with Gasteiger partial charge in [-0.3, -0.25) is 9.59 Å². The Morgan fingerprint density at radius 3 is 2.55 bits per heavy atom. The Morgan fingerprint density at radius 2 is 1.90 bits per heavy atom. The summed E-state index contributed by atoms with van der Waals surface area (Å²) in [6, 6.07) is 4.77. The molecule has 0 unspecified atom stereocenters. The number of carbonyl (C=O) groups is 2. The van der Waals surface area contributed by atoms with E-state index in [9.17, 15) is 9.59 Å². The molecule has 6 heteroatoms. The summed E-state index contributed by atoms with van der Waals surface area (Å²) in [5, 5.41) is 11.7. The maximum atomic E-state index is 11.8. The van der Waals surface area contributed by atoms with Crippen LogP contribution in [0.15, 0.2) is 18.2 Å². The second-order valence-corrected chi connectivity index (χ2v) is 4.96. The van der Waals surface area contributed by atoms with Crippen molar-refractivity contribution in [2.24, 2.45) is 0 Å². The molecule has 0 radical (unpaired) electrons. The van der Waals surface area contributed by atoms with Gasteiger partial charge in [0.1, 0.15) is 0 Å². The molecule has 0 atom stereocenters. The molecule has 1 aromatic carbocycles. The zero-order chi connectivity index (χ0) is 15.0. The van der Waals surface area contributed by atoms with E-state index in [1.165, 1.54) is 0 Å². The van der Waals surface area contributed by atoms with Crippen LogP contribution in [0, 0.1) is 0 Å². The first-order chi connectivity index (χ1) is 9.50. The van der Waals surface area contributed by atoms with Crippen LogP contribution in [-0.2, 0) is 4.79 Å². The zero-order valence-corrected chi connectivity index (χ0v) is 11.9. The Hall–Kier alpha value is -1.75. The number of anilines is 1. The van der Waals surface area contributed by atoms with E-state index >= 15 is 0 Å². The summed E-state index contributed by atoms with van der Waals surface area (Å²) in [5.74, 6) is -0.947. The number of nitrogens with two attached hydrogens (primary N) is 1. The van der Waals surface area contributed by atoms with E-state index < -0.39 is 5.97 Å². The van der Waals surface area contributed by atoms with Crippen molar-refractivity contribution in [2.75, 3.05) is 12.3 Å². The molecule has 0 aromatic heterocycles. The van der Waals surface area contributed by atoms with Crippen LogP contribution in [0.25, 0.3) is 0 Å². The van der Waals surface area contributed by atoms with Crippen molar-refractivity contribution in [3.8, 4) is 0 Å². The topological polar surface area (TPSA) is 92.4 Å². The van der Waals surface area contributed by atoms with E-state index in [0.29, 0.717) is 29.2 Å². The van der Waals surface area contributed by atoms with Gasteiger partial charge in [0.25, 0.3) is 5.91 Å². The zero-order valence-electron chi connectivity index (χ0n) is 11.2. The first kappa shape index (κ1) is 16.3. The number of nitrogen functional groups attached to an aromatic ring is 1. The van der Waals surface area contributed by atoms with Crippen molar-refractivity contribution in [1.82, 2.24) is 5.32 Å². The van der Waals surface area contributed by atoms with Crippen molar-refractivity contribution in [1.29, 1.82) is 0 Å². The smallest absolute Gasteiger partial charge is 0.303 e. The SMILES string of the molecule is Nc1cc(C(=O)NCCCCCCC(=O)O)ccc1Cl. The van der Waals surface area contributed by atoms with Gasteiger partial charge in [-0.1, -0.05) is 24.4 Å². The van der Waals surface area contributed by atoms with Crippen LogP contribution >= 0.6 is 11.6 Å². The molecule has 0 aliphatic carbocycles. The fourth-order valence-electron chi connectivity index (χ4n) is 1.74. The predicted octanol–water partition coefficient (Wildman–Crippen LogP) is 2.69. The minimum absolute atomic E-state index is 0.182. The number of carboxylic acids is 1. The summed E-state index contributed by atoms with van der Waals surface area (Å²) >= 11 is 5.78. The molecular formula is C14H19ClN2O3. The van der Waals surface area contributed by atoms with Crippen LogP contribution in [0.1, 0.15) is 42.5 Å². The van der Waals surface area contributed by atoms with Crippen LogP contribution in [0.5, 0.6) is 0 Å². The third-order valence-corrected chi connectivity index (χ3v) is 3.21. The quantitative estimate of drug-likeness (QED) is 0.508. The van der Waals surface area contributed by atoms with Crippen molar-refractivity contribution >= 4 is 29.2 Å². The molecule has 0 heterocycles. The van der Waals surface area contributed by atoms with Gasteiger partial charge < -0.3 is 16.2 Å². The van der Waals surface area contributed by atoms with Gasteiger partial charge in [0.15, 0.2) is 0 Å². The standard InChI is InChI=1S/C14H19ClN2O3/c15-11-7-6-10(9-12(11)16)14(20)17-8-4-2-1-3-5-13(18)19/h6-7,9H,1-5,8,16H2,(H,17,20)(H,18,19). The second-order valence-electron chi connectivity index (χ2n) is 4.55. The Labute approximate surface area is 123 Å². The van der Waals surface area contributed by atoms with Crippen molar-refractivity contribution in [3.05, 3.63) is 28.8 Å². The lowest BCUT2D eigenvalue weighted by Crippen LogP contribution is -2.24. The number of rotatable bonds is 8. The van der Waals surface area contributed by atoms with Crippen molar-refractivity contribution in [2.45, 2.75) is 32.1 Å². The minimum Gasteiger partial charge on any atom is -0.481 e. The average molecular weight is 299 g/mol. The number of aliphatic carboxylic acids is 1. The van der Waals surface area contributed by atoms with E-state index in [4.69, 9.17) is 22.4 Å². The Morgan fingerprint density at radius 1 is 1.20 bits per heavy atom. The lowest BCUT2D eigenvalue weighted by Gasteiger charge is -2.06. The summed E-state index contributed by atoms with van der Waals surface area (Å²) in [5.41, 5.74) is 6.50. The first-order valence-corrected chi connectivity index (χ1v) is 6.93. The third-order valence-electron chi connectivity index (χ3n) is 2.86. The average Bonchev–Trinajstić information content (AvgIpc) is 2.40. The Bertz CT molecular complexity index is 477. The van der Waals surface area contributed by atoms with Gasteiger partial charge in [-0.2, -0.15) is 0 Å². The van der Waals surface area contributed by atoms with Gasteiger partial charge in [0.2, 0.25) is 0 Å². The normalized spacial score (nSPS) is 10.2. The summed E-state index contributed by atoms with van der Waals surface area (Å²) in [6.45, 7) is 0.564. The molecule has 5 nitrogen and oxygen atoms in total. The number of nitrogens with one attached hydrogen (secondary N) is 1. The molecule has 1 amide bonds. The minimum atomic E-state index is -0.765. The molecule has 20 heavy (non-hydrogen) atoms. The number of unbranched alkanes of at least 4 members (excludes halogenated alkanes) is 3. The van der Waals surface area contributed by atoms with Crippen molar-refractivity contribution < 1.29 is 14.7 Å². The van der Waals surface area contributed by atoms with Crippen LogP contribution in [-0.4, -0.2) is 23.5 Å². The van der Waals surface area contributed by atoms with Gasteiger partial charge in [-0.15, -0.1) is 0 Å². The number of hydrogen-bond donors (Lipinski definition) is 3. The van der Waals surface area contributed by atoms with E-state index in [1.54, 1.807) is 18.2 Å². The lowest BCUT2D eigenvalue weighted by molar-refractivity contribution is -0.137. The Balaban J connectivity index is 2.20. The van der Waals surface area contributed by atoms with Crippen LogP contribution < -0.4 is 11.1 Å². The third kappa shape index (κ3) is 5.93. The molecule has 0 aliphatic heterocycles. The monoisotopic (exact) mass is 298 g/mol. The molecule has 1 rings (SSSR count). The maximum absolute atomic E-state index is 11.8. The van der Waals surface area contributed by atoms with E-state index in [1.807, 2.05) is 0 Å². The highest BCUT2D eigenvalue weighted by Gasteiger charge is 2.06. The van der Waals surface area contributed by atoms with Gasteiger partial charge >= 0.3 is 5.97 Å². The van der Waals surface area contributed by atoms with Crippen molar-refractivity contribution in [3.63, 3.8) is 0 Å². The van der Waals surface area contributed by atoms with Gasteiger partial charge in [0, 0.05) is 18.5 Å². The molecule has 0 saturated heterocycles. The highest BCUT2D eigenvalue weighted by Crippen LogP contribution is 2.19. The van der Waals surface area contributed by atoms with Gasteiger partial charge in [0.05, 0.1) is 10.7 Å². The second kappa shape index (κ2) is 8.43. The summed E-state index contributed by atoms with van der Waals surface area (Å²) in [6.07, 6.45) is 3.47. The molecular weight excluding hydrogens is 280 g/mol. The van der Waals surface area contributed by atoms with Gasteiger partial charge in [-0.05, 0) is 31.0 Å². The first-order valence-electron chi connectivity index (χ1n) is 6.55. The molecule has 0 fully saturated rings. The molecule has 4 N–H and O–H groups in total. The molecule has 0 bridgehead atoms. The number of hydrogen-bond acceptors (Lipinski definition) is 3. The van der Waals surface area contributed by atoms with Gasteiger partial charge in [-0.25, -0.2) is 0 Å². The summed E-state index contributed by atoms with van der Waals surface area (Å²) < 4.78 is 0. The fraction of sp³-hybridized carbons (Fsp3) is 0.429. The van der Waals surface area contributed by atoms with E-state index in [2.05, 4.69) is 5.32 Å². The Kier molecular flexibility index (Phi) is 6.87. The highest BCUT2D eigenvalue weighted by atomic mass is 35.5. The van der Waals surface area contributed by atoms with E-state index in [0.717, 1.165) is 19.3 Å². The number of amides is 1. The molecule has 0 saturated carbocycles.